The van der Waals surface area contributed by atoms with Crippen LogP contribution in [-0.2, 0) is 6.54 Å². The highest BCUT2D eigenvalue weighted by Crippen LogP contribution is 2.26. The number of ether oxygens (including phenoxy) is 1. The van der Waals surface area contributed by atoms with Gasteiger partial charge in [0, 0.05) is 6.54 Å². The Kier molecular flexibility index (Phi) is 7.34. The molecule has 0 aromatic heterocycles. The summed E-state index contributed by atoms with van der Waals surface area (Å²) < 4.78 is 5.03. The van der Waals surface area contributed by atoms with E-state index in [0.29, 0.717) is 5.75 Å². The van der Waals surface area contributed by atoms with Crippen LogP contribution in [0.4, 0.5) is 0 Å². The number of unbranched alkanes of at least 4 members (excludes halogenated alkanes) is 1. The highest BCUT2D eigenvalue weighted by atomic mass is 16.5. The van der Waals surface area contributed by atoms with Crippen LogP contribution in [0, 0.1) is 5.92 Å². The van der Waals surface area contributed by atoms with Gasteiger partial charge in [-0.3, -0.25) is 0 Å². The summed E-state index contributed by atoms with van der Waals surface area (Å²) in [6, 6.07) is 5.55. The van der Waals surface area contributed by atoms with E-state index in [1.807, 2.05) is 6.07 Å². The zero-order valence-electron chi connectivity index (χ0n) is 12.4. The van der Waals surface area contributed by atoms with Crippen molar-refractivity contribution in [3.8, 4) is 11.5 Å². The number of phenolic OH excluding ortho intramolecular Hbond substituents is 1. The van der Waals surface area contributed by atoms with Crippen LogP contribution in [0.3, 0.4) is 0 Å². The average molecular weight is 265 g/mol. The number of benzene rings is 1. The van der Waals surface area contributed by atoms with Gasteiger partial charge in [-0.2, -0.15) is 0 Å². The minimum atomic E-state index is 0.208. The van der Waals surface area contributed by atoms with Crippen molar-refractivity contribution >= 4 is 0 Å². The summed E-state index contributed by atoms with van der Waals surface area (Å²) >= 11 is 0. The topological polar surface area (TPSA) is 41.5 Å². The van der Waals surface area contributed by atoms with Gasteiger partial charge in [-0.25, -0.2) is 0 Å². The van der Waals surface area contributed by atoms with Crippen LogP contribution in [0.2, 0.25) is 0 Å². The molecule has 0 aliphatic rings. The molecule has 0 amide bonds. The minimum Gasteiger partial charge on any atom is -0.504 e. The molecule has 3 nitrogen and oxygen atoms in total. The van der Waals surface area contributed by atoms with Crippen molar-refractivity contribution < 1.29 is 9.84 Å². The van der Waals surface area contributed by atoms with E-state index in [4.69, 9.17) is 4.74 Å². The SMILES string of the molecule is CCCCC(CC)CNCc1ccc(OC)c(O)c1. The van der Waals surface area contributed by atoms with Crippen molar-refractivity contribution in [1.82, 2.24) is 5.32 Å². The van der Waals surface area contributed by atoms with E-state index in [-0.39, 0.29) is 5.75 Å². The van der Waals surface area contributed by atoms with Gasteiger partial charge in [-0.15, -0.1) is 0 Å². The lowest BCUT2D eigenvalue weighted by molar-refractivity contribution is 0.372. The molecule has 1 aromatic rings. The van der Waals surface area contributed by atoms with Gasteiger partial charge in [0.1, 0.15) is 0 Å². The molecule has 0 saturated carbocycles. The van der Waals surface area contributed by atoms with Gasteiger partial charge in [-0.1, -0.05) is 39.2 Å². The first-order chi connectivity index (χ1) is 9.21. The molecular formula is C16H27NO2. The van der Waals surface area contributed by atoms with E-state index < -0.39 is 0 Å². The van der Waals surface area contributed by atoms with Gasteiger partial charge in [0.2, 0.25) is 0 Å². The molecule has 1 unspecified atom stereocenters. The summed E-state index contributed by atoms with van der Waals surface area (Å²) in [6.07, 6.45) is 5.10. The molecule has 1 rings (SSSR count). The second-order valence-corrected chi connectivity index (χ2v) is 5.05. The Labute approximate surface area is 117 Å². The molecule has 2 N–H and O–H groups in total. The predicted molar refractivity (Wildman–Crippen MR) is 79.7 cm³/mol. The standard InChI is InChI=1S/C16H27NO2/c1-4-6-7-13(5-2)11-17-12-14-8-9-16(19-3)15(18)10-14/h8-10,13,17-18H,4-7,11-12H2,1-3H3. The summed E-state index contributed by atoms with van der Waals surface area (Å²) in [6.45, 7) is 6.32. The number of nitrogens with one attached hydrogen (secondary N) is 1. The molecule has 0 aliphatic heterocycles. The Hall–Kier alpha value is -1.22. The zero-order valence-corrected chi connectivity index (χ0v) is 12.4. The second kappa shape index (κ2) is 8.81. The normalized spacial score (nSPS) is 12.4. The summed E-state index contributed by atoms with van der Waals surface area (Å²) in [7, 11) is 1.56. The molecule has 19 heavy (non-hydrogen) atoms. The quantitative estimate of drug-likeness (QED) is 0.715. The van der Waals surface area contributed by atoms with E-state index in [0.717, 1.165) is 24.6 Å². The molecule has 3 heteroatoms. The Bertz CT molecular complexity index is 366. The molecule has 0 aliphatic carbocycles. The van der Waals surface area contributed by atoms with Crippen LogP contribution in [0.5, 0.6) is 11.5 Å². The minimum absolute atomic E-state index is 0.208. The molecule has 1 atom stereocenters. The molecule has 0 spiro atoms. The van der Waals surface area contributed by atoms with Crippen LogP contribution in [0.1, 0.15) is 45.1 Å². The lowest BCUT2D eigenvalue weighted by Crippen LogP contribution is -2.22. The van der Waals surface area contributed by atoms with Crippen LogP contribution >= 0.6 is 0 Å². The Morgan fingerprint density at radius 2 is 2.11 bits per heavy atom. The Balaban J connectivity index is 2.37. The number of hydrogen-bond donors (Lipinski definition) is 2. The Morgan fingerprint density at radius 1 is 1.32 bits per heavy atom. The first-order valence-electron chi connectivity index (χ1n) is 7.27. The van der Waals surface area contributed by atoms with Crippen LogP contribution in [0.25, 0.3) is 0 Å². The maximum absolute atomic E-state index is 9.71. The number of phenols is 1. The molecule has 0 saturated heterocycles. The van der Waals surface area contributed by atoms with Gasteiger partial charge in [0.15, 0.2) is 11.5 Å². The third kappa shape index (κ3) is 5.52. The van der Waals surface area contributed by atoms with Crippen molar-refractivity contribution in [3.05, 3.63) is 23.8 Å². The van der Waals surface area contributed by atoms with Gasteiger partial charge in [0.05, 0.1) is 7.11 Å². The maximum atomic E-state index is 9.71. The molecule has 1 aromatic carbocycles. The van der Waals surface area contributed by atoms with Crippen LogP contribution < -0.4 is 10.1 Å². The van der Waals surface area contributed by atoms with Crippen molar-refractivity contribution in [1.29, 1.82) is 0 Å². The summed E-state index contributed by atoms with van der Waals surface area (Å²) in [5, 5.41) is 13.2. The molecule has 108 valence electrons. The fourth-order valence-electron chi connectivity index (χ4n) is 2.21. The third-order valence-electron chi connectivity index (χ3n) is 3.55. The van der Waals surface area contributed by atoms with Gasteiger partial charge in [0.25, 0.3) is 0 Å². The van der Waals surface area contributed by atoms with Crippen molar-refractivity contribution in [2.24, 2.45) is 5.92 Å². The third-order valence-corrected chi connectivity index (χ3v) is 3.55. The van der Waals surface area contributed by atoms with Crippen LogP contribution in [0.15, 0.2) is 18.2 Å². The maximum Gasteiger partial charge on any atom is 0.160 e. The van der Waals surface area contributed by atoms with Crippen molar-refractivity contribution in [3.63, 3.8) is 0 Å². The van der Waals surface area contributed by atoms with E-state index in [1.54, 1.807) is 19.2 Å². The van der Waals surface area contributed by atoms with E-state index in [2.05, 4.69) is 19.2 Å². The van der Waals surface area contributed by atoms with Gasteiger partial charge < -0.3 is 15.2 Å². The first kappa shape index (κ1) is 15.8. The Morgan fingerprint density at radius 3 is 2.68 bits per heavy atom. The zero-order chi connectivity index (χ0) is 14.1. The fourth-order valence-corrected chi connectivity index (χ4v) is 2.21. The largest absolute Gasteiger partial charge is 0.504 e. The second-order valence-electron chi connectivity index (χ2n) is 5.05. The van der Waals surface area contributed by atoms with Crippen molar-refractivity contribution in [2.45, 2.75) is 46.1 Å². The van der Waals surface area contributed by atoms with Crippen molar-refractivity contribution in [2.75, 3.05) is 13.7 Å². The smallest absolute Gasteiger partial charge is 0.160 e. The van der Waals surface area contributed by atoms with Gasteiger partial charge >= 0.3 is 0 Å². The average Bonchev–Trinajstić information content (AvgIpc) is 2.42. The van der Waals surface area contributed by atoms with E-state index in [9.17, 15) is 5.11 Å². The summed E-state index contributed by atoms with van der Waals surface area (Å²) in [5.41, 5.74) is 1.09. The fraction of sp³-hybridized carbons (Fsp3) is 0.625. The lowest BCUT2D eigenvalue weighted by Gasteiger charge is -2.15. The first-order valence-corrected chi connectivity index (χ1v) is 7.27. The number of hydrogen-bond acceptors (Lipinski definition) is 3. The molecular weight excluding hydrogens is 238 g/mol. The molecule has 0 radical (unpaired) electrons. The molecule has 0 fully saturated rings. The van der Waals surface area contributed by atoms with E-state index >= 15 is 0 Å². The van der Waals surface area contributed by atoms with E-state index in [1.165, 1.54) is 25.7 Å². The lowest BCUT2D eigenvalue weighted by atomic mass is 9.99. The summed E-state index contributed by atoms with van der Waals surface area (Å²) in [5.74, 6) is 1.49. The highest BCUT2D eigenvalue weighted by molar-refractivity contribution is 5.41. The predicted octanol–water partition coefficient (Wildman–Crippen LogP) is 3.71. The number of methoxy groups -OCH3 is 1. The monoisotopic (exact) mass is 265 g/mol. The number of rotatable bonds is 9. The molecule has 0 bridgehead atoms. The summed E-state index contributed by atoms with van der Waals surface area (Å²) in [4.78, 5) is 0. The number of aromatic hydroxyl groups is 1. The van der Waals surface area contributed by atoms with Crippen LogP contribution in [-0.4, -0.2) is 18.8 Å². The highest BCUT2D eigenvalue weighted by Gasteiger charge is 2.06. The van der Waals surface area contributed by atoms with Gasteiger partial charge in [-0.05, 0) is 36.6 Å². The molecule has 0 heterocycles.